The van der Waals surface area contributed by atoms with Crippen LogP contribution < -0.4 is 5.32 Å². The minimum Gasteiger partial charge on any atom is -0.351 e. The average Bonchev–Trinajstić information content (AvgIpc) is 3.26. The van der Waals surface area contributed by atoms with Crippen molar-refractivity contribution in [3.8, 4) is 11.4 Å². The maximum atomic E-state index is 5.82. The first-order valence-electron chi connectivity index (χ1n) is 11.2. The molecule has 32 heavy (non-hydrogen) atoms. The number of thiocarbonyl (C=S) groups is 1. The van der Waals surface area contributed by atoms with Crippen molar-refractivity contribution in [2.75, 3.05) is 6.54 Å². The van der Waals surface area contributed by atoms with Gasteiger partial charge in [-0.1, -0.05) is 78.5 Å². The van der Waals surface area contributed by atoms with E-state index in [-0.39, 0.29) is 6.04 Å². The fraction of sp³-hybridized carbons (Fsp3) is 0.346. The largest absolute Gasteiger partial charge is 0.351 e. The molecule has 4 rings (SSSR count). The molecule has 2 heterocycles. The van der Waals surface area contributed by atoms with Gasteiger partial charge in [0, 0.05) is 17.8 Å². The van der Waals surface area contributed by atoms with Crippen molar-refractivity contribution in [1.29, 1.82) is 0 Å². The van der Waals surface area contributed by atoms with Crippen LogP contribution in [-0.2, 0) is 0 Å². The van der Waals surface area contributed by atoms with Crippen molar-refractivity contribution in [3.63, 3.8) is 0 Å². The second-order valence-electron chi connectivity index (χ2n) is 8.44. The lowest BCUT2D eigenvalue weighted by Gasteiger charge is -2.37. The van der Waals surface area contributed by atoms with Crippen LogP contribution in [0.5, 0.6) is 0 Å². The number of unbranched alkanes of at least 4 members (excludes halogenated alkanes) is 2. The summed E-state index contributed by atoms with van der Waals surface area (Å²) < 4.78 is 5.82. The Kier molecular flexibility index (Phi) is 6.70. The Labute approximate surface area is 195 Å². The predicted molar refractivity (Wildman–Crippen MR) is 133 cm³/mol. The number of nitrogens with one attached hydrogen (secondary N) is 1. The average molecular weight is 447 g/mol. The third-order valence-electron chi connectivity index (χ3n) is 5.92. The van der Waals surface area contributed by atoms with Crippen LogP contribution >= 0.6 is 12.2 Å². The summed E-state index contributed by atoms with van der Waals surface area (Å²) in [5.74, 6) is 1.12. The number of allylic oxidation sites excluding steroid dienone is 1. The molecule has 0 aliphatic carbocycles. The van der Waals surface area contributed by atoms with Crippen LogP contribution in [0, 0.1) is 13.8 Å². The van der Waals surface area contributed by atoms with Gasteiger partial charge in [0.1, 0.15) is 0 Å². The fourth-order valence-electron chi connectivity index (χ4n) is 4.09. The Hall–Kier alpha value is -2.99. The molecule has 1 N–H and O–H groups in total. The van der Waals surface area contributed by atoms with Gasteiger partial charge in [0.2, 0.25) is 5.82 Å². The number of benzene rings is 2. The van der Waals surface area contributed by atoms with E-state index in [9.17, 15) is 0 Å². The molecular weight excluding hydrogens is 416 g/mol. The summed E-state index contributed by atoms with van der Waals surface area (Å²) in [6.45, 7) is 9.33. The maximum Gasteiger partial charge on any atom is 0.258 e. The molecule has 0 saturated carbocycles. The molecule has 1 aromatic heterocycles. The van der Waals surface area contributed by atoms with Crippen LogP contribution in [0.2, 0.25) is 0 Å². The topological polar surface area (TPSA) is 54.2 Å². The summed E-state index contributed by atoms with van der Waals surface area (Å²) in [5.41, 5.74) is 6.49. The molecule has 6 heteroatoms. The van der Waals surface area contributed by atoms with E-state index in [4.69, 9.17) is 21.7 Å². The third-order valence-corrected chi connectivity index (χ3v) is 6.26. The van der Waals surface area contributed by atoms with Gasteiger partial charge in [0.05, 0.1) is 11.6 Å². The number of nitrogens with zero attached hydrogens (tertiary/aromatic N) is 3. The highest BCUT2D eigenvalue weighted by Crippen LogP contribution is 2.37. The smallest absolute Gasteiger partial charge is 0.258 e. The molecule has 0 fully saturated rings. The SMILES string of the molecule is CCCCCN1C(=S)NC(c2ccc(C)cc2)C(c2nc(-c3cccc(C)c3)no2)=C1C. The predicted octanol–water partition coefficient (Wildman–Crippen LogP) is 6.21. The highest BCUT2D eigenvalue weighted by molar-refractivity contribution is 7.80. The van der Waals surface area contributed by atoms with Crippen molar-refractivity contribution >= 4 is 22.9 Å². The van der Waals surface area contributed by atoms with Gasteiger partial charge in [0.25, 0.3) is 5.89 Å². The van der Waals surface area contributed by atoms with Crippen LogP contribution in [0.15, 0.2) is 58.8 Å². The molecule has 0 radical (unpaired) electrons. The van der Waals surface area contributed by atoms with Gasteiger partial charge < -0.3 is 14.7 Å². The molecule has 5 nitrogen and oxygen atoms in total. The summed E-state index contributed by atoms with van der Waals surface area (Å²) in [6, 6.07) is 16.5. The van der Waals surface area contributed by atoms with Crippen LogP contribution in [0.4, 0.5) is 0 Å². The second-order valence-corrected chi connectivity index (χ2v) is 8.83. The quantitative estimate of drug-likeness (QED) is 0.344. The molecular formula is C26H30N4OS. The standard InChI is InChI=1S/C26H30N4OS/c1-5-6-7-15-30-19(4)22(23(27-26(30)32)20-13-11-17(2)12-14-20)25-28-24(29-31-25)21-10-8-9-18(3)16-21/h8-14,16,23H,5-7,15H2,1-4H3,(H,27,32). The van der Waals surface area contributed by atoms with Gasteiger partial charge in [-0.2, -0.15) is 4.98 Å². The number of aromatic nitrogens is 2. The summed E-state index contributed by atoms with van der Waals surface area (Å²) in [5, 5.41) is 8.58. The molecule has 0 amide bonds. The minimum absolute atomic E-state index is 0.142. The number of rotatable bonds is 7. The number of hydrogen-bond acceptors (Lipinski definition) is 4. The zero-order valence-electron chi connectivity index (χ0n) is 19.2. The van der Waals surface area contributed by atoms with Crippen molar-refractivity contribution in [3.05, 3.63) is 76.8 Å². The van der Waals surface area contributed by atoms with Crippen molar-refractivity contribution < 1.29 is 4.52 Å². The van der Waals surface area contributed by atoms with E-state index in [2.05, 4.69) is 79.5 Å². The van der Waals surface area contributed by atoms with E-state index in [1.54, 1.807) is 0 Å². The van der Waals surface area contributed by atoms with Gasteiger partial charge in [-0.3, -0.25) is 0 Å². The lowest BCUT2D eigenvalue weighted by Crippen LogP contribution is -2.46. The molecule has 0 spiro atoms. The van der Waals surface area contributed by atoms with Crippen molar-refractivity contribution in [1.82, 2.24) is 20.4 Å². The van der Waals surface area contributed by atoms with Crippen LogP contribution in [-0.4, -0.2) is 26.7 Å². The van der Waals surface area contributed by atoms with E-state index in [1.165, 1.54) is 18.4 Å². The van der Waals surface area contributed by atoms with E-state index in [1.807, 2.05) is 12.1 Å². The fourth-order valence-corrected chi connectivity index (χ4v) is 4.44. The maximum absolute atomic E-state index is 5.82. The third kappa shape index (κ3) is 4.60. The first kappa shape index (κ1) is 22.2. The highest BCUT2D eigenvalue weighted by Gasteiger charge is 2.33. The molecule has 166 valence electrons. The number of aryl methyl sites for hydroxylation is 2. The van der Waals surface area contributed by atoms with Gasteiger partial charge in [-0.15, -0.1) is 0 Å². The summed E-state index contributed by atoms with van der Waals surface area (Å²) >= 11 is 5.77. The van der Waals surface area contributed by atoms with Crippen LogP contribution in [0.25, 0.3) is 17.0 Å². The lowest BCUT2D eigenvalue weighted by atomic mass is 9.94. The molecule has 1 aliphatic heterocycles. The minimum atomic E-state index is -0.142. The Morgan fingerprint density at radius 3 is 2.53 bits per heavy atom. The van der Waals surface area contributed by atoms with Gasteiger partial charge >= 0.3 is 0 Å². The Bertz CT molecular complexity index is 1130. The van der Waals surface area contributed by atoms with E-state index in [0.29, 0.717) is 11.7 Å². The van der Waals surface area contributed by atoms with Gasteiger partial charge in [-0.25, -0.2) is 0 Å². The van der Waals surface area contributed by atoms with Gasteiger partial charge in [-0.05, 0) is 51.0 Å². The Morgan fingerprint density at radius 1 is 1.03 bits per heavy atom. The molecule has 1 aliphatic rings. The molecule has 3 aromatic rings. The van der Waals surface area contributed by atoms with E-state index >= 15 is 0 Å². The van der Waals surface area contributed by atoms with E-state index in [0.717, 1.165) is 46.0 Å². The van der Waals surface area contributed by atoms with Gasteiger partial charge in [0.15, 0.2) is 5.11 Å². The van der Waals surface area contributed by atoms with Crippen LogP contribution in [0.3, 0.4) is 0 Å². The first-order valence-corrected chi connectivity index (χ1v) is 11.6. The molecule has 0 bridgehead atoms. The summed E-state index contributed by atoms with van der Waals surface area (Å²) in [4.78, 5) is 6.97. The first-order chi connectivity index (χ1) is 15.5. The molecule has 2 aromatic carbocycles. The zero-order valence-corrected chi connectivity index (χ0v) is 20.0. The highest BCUT2D eigenvalue weighted by atomic mass is 32.1. The second kappa shape index (κ2) is 9.65. The summed E-state index contributed by atoms with van der Waals surface area (Å²) in [7, 11) is 0. The van der Waals surface area contributed by atoms with Crippen molar-refractivity contribution in [2.24, 2.45) is 0 Å². The van der Waals surface area contributed by atoms with Crippen LogP contribution in [0.1, 0.15) is 61.7 Å². The normalized spacial score (nSPS) is 16.4. The lowest BCUT2D eigenvalue weighted by molar-refractivity contribution is 0.395. The van der Waals surface area contributed by atoms with E-state index < -0.39 is 0 Å². The molecule has 0 saturated heterocycles. The Morgan fingerprint density at radius 2 is 1.81 bits per heavy atom. The monoisotopic (exact) mass is 446 g/mol. The number of hydrogen-bond donors (Lipinski definition) is 1. The molecule has 1 unspecified atom stereocenters. The Balaban J connectivity index is 1.77. The molecule has 1 atom stereocenters. The summed E-state index contributed by atoms with van der Waals surface area (Å²) in [6.07, 6.45) is 3.41. The zero-order chi connectivity index (χ0) is 22.7. The van der Waals surface area contributed by atoms with Crippen molar-refractivity contribution in [2.45, 2.75) is 53.0 Å².